The lowest BCUT2D eigenvalue weighted by molar-refractivity contribution is -0.118. The first-order valence-corrected chi connectivity index (χ1v) is 7.23. The molecule has 5 heteroatoms. The summed E-state index contributed by atoms with van der Waals surface area (Å²) in [5.74, 6) is 0.514. The van der Waals surface area contributed by atoms with Gasteiger partial charge in [-0.1, -0.05) is 6.07 Å². The van der Waals surface area contributed by atoms with E-state index in [9.17, 15) is 9.59 Å². The van der Waals surface area contributed by atoms with Gasteiger partial charge in [0.15, 0.2) is 0 Å². The van der Waals surface area contributed by atoms with Gasteiger partial charge in [0.25, 0.3) is 5.56 Å². The van der Waals surface area contributed by atoms with E-state index in [-0.39, 0.29) is 11.5 Å². The molecule has 1 unspecified atom stereocenters. The Morgan fingerprint density at radius 2 is 1.91 bits per heavy atom. The zero-order valence-electron chi connectivity index (χ0n) is 13.0. The molecular formula is C17H20N2O3. The molecule has 2 aromatic rings. The fourth-order valence-electron chi connectivity index (χ4n) is 2.09. The van der Waals surface area contributed by atoms with Crippen LogP contribution in [0.15, 0.2) is 47.4 Å². The summed E-state index contributed by atoms with van der Waals surface area (Å²) < 4.78 is 6.78. The summed E-state index contributed by atoms with van der Waals surface area (Å²) in [4.78, 5) is 24.1. The molecule has 1 aromatic carbocycles. The normalized spacial score (nSPS) is 11.8. The largest absolute Gasteiger partial charge is 0.494 e. The molecule has 1 amide bonds. The Morgan fingerprint density at radius 1 is 1.23 bits per heavy atom. The number of nitrogens with one attached hydrogen (secondary N) is 1. The van der Waals surface area contributed by atoms with Crippen LogP contribution in [0.25, 0.3) is 0 Å². The van der Waals surface area contributed by atoms with E-state index in [4.69, 9.17) is 4.74 Å². The first kappa shape index (κ1) is 15.8. The summed E-state index contributed by atoms with van der Waals surface area (Å²) in [6.45, 7) is 6.09. The van der Waals surface area contributed by atoms with Crippen LogP contribution >= 0.6 is 0 Å². The molecule has 0 aliphatic heterocycles. The summed E-state index contributed by atoms with van der Waals surface area (Å²) in [5, 5.41) is 2.80. The van der Waals surface area contributed by atoms with E-state index in [1.165, 1.54) is 10.6 Å². The Hall–Kier alpha value is -2.56. The minimum Gasteiger partial charge on any atom is -0.494 e. The van der Waals surface area contributed by atoms with E-state index in [0.29, 0.717) is 12.3 Å². The molecule has 1 atom stereocenters. The van der Waals surface area contributed by atoms with Crippen molar-refractivity contribution in [3.05, 3.63) is 58.5 Å². The van der Waals surface area contributed by atoms with Crippen molar-refractivity contribution in [2.24, 2.45) is 0 Å². The molecule has 5 nitrogen and oxygen atoms in total. The highest BCUT2D eigenvalue weighted by molar-refractivity contribution is 5.93. The van der Waals surface area contributed by atoms with Crippen LogP contribution in [0.2, 0.25) is 0 Å². The number of rotatable bonds is 5. The van der Waals surface area contributed by atoms with Gasteiger partial charge in [0.05, 0.1) is 6.61 Å². The van der Waals surface area contributed by atoms with Gasteiger partial charge in [0.1, 0.15) is 11.8 Å². The van der Waals surface area contributed by atoms with Gasteiger partial charge >= 0.3 is 0 Å². The van der Waals surface area contributed by atoms with Crippen molar-refractivity contribution in [2.45, 2.75) is 26.8 Å². The predicted molar refractivity (Wildman–Crippen MR) is 86.4 cm³/mol. The van der Waals surface area contributed by atoms with Crippen molar-refractivity contribution < 1.29 is 9.53 Å². The number of carbonyl (C=O) groups excluding carboxylic acids is 1. The molecule has 0 spiro atoms. The maximum atomic E-state index is 12.3. The monoisotopic (exact) mass is 300 g/mol. The lowest BCUT2D eigenvalue weighted by Crippen LogP contribution is -2.31. The van der Waals surface area contributed by atoms with E-state index in [1.807, 2.05) is 13.8 Å². The third-order valence-corrected chi connectivity index (χ3v) is 3.32. The highest BCUT2D eigenvalue weighted by Gasteiger charge is 2.16. The van der Waals surface area contributed by atoms with Crippen LogP contribution < -0.4 is 15.6 Å². The van der Waals surface area contributed by atoms with Gasteiger partial charge in [-0.05, 0) is 50.6 Å². The maximum Gasteiger partial charge on any atom is 0.251 e. The van der Waals surface area contributed by atoms with Crippen molar-refractivity contribution >= 4 is 11.6 Å². The second-order valence-electron chi connectivity index (χ2n) is 5.07. The van der Waals surface area contributed by atoms with Crippen LogP contribution in [-0.2, 0) is 4.79 Å². The summed E-state index contributed by atoms with van der Waals surface area (Å²) in [5.41, 5.74) is 1.40. The van der Waals surface area contributed by atoms with Gasteiger partial charge in [0, 0.05) is 18.0 Å². The van der Waals surface area contributed by atoms with Crippen LogP contribution in [0.4, 0.5) is 5.69 Å². The zero-order chi connectivity index (χ0) is 16.1. The Kier molecular flexibility index (Phi) is 4.99. The summed E-state index contributed by atoms with van der Waals surface area (Å²) >= 11 is 0. The number of anilines is 1. The van der Waals surface area contributed by atoms with Gasteiger partial charge in [-0.15, -0.1) is 0 Å². The number of amides is 1. The van der Waals surface area contributed by atoms with Gasteiger partial charge in [-0.25, -0.2) is 0 Å². The minimum absolute atomic E-state index is 0.194. The number of aryl methyl sites for hydroxylation is 1. The van der Waals surface area contributed by atoms with Crippen LogP contribution in [0.5, 0.6) is 5.75 Å². The van der Waals surface area contributed by atoms with Crippen molar-refractivity contribution in [2.75, 3.05) is 11.9 Å². The standard InChI is InChI=1S/C17H20N2O3/c1-4-22-15-8-6-14(7-9-15)18-17(21)13(3)19-11-12(2)5-10-16(19)20/h5-11,13H,4H2,1-3H3,(H,18,21). The third kappa shape index (κ3) is 3.75. The van der Waals surface area contributed by atoms with E-state index in [1.54, 1.807) is 43.5 Å². The third-order valence-electron chi connectivity index (χ3n) is 3.32. The van der Waals surface area contributed by atoms with Gasteiger partial charge in [-0.2, -0.15) is 0 Å². The van der Waals surface area contributed by atoms with Crippen molar-refractivity contribution in [3.63, 3.8) is 0 Å². The molecule has 0 saturated heterocycles. The maximum absolute atomic E-state index is 12.3. The molecule has 116 valence electrons. The number of pyridine rings is 1. The highest BCUT2D eigenvalue weighted by atomic mass is 16.5. The molecule has 0 bridgehead atoms. The fourth-order valence-corrected chi connectivity index (χ4v) is 2.09. The molecule has 1 heterocycles. The average molecular weight is 300 g/mol. The fraction of sp³-hybridized carbons (Fsp3) is 0.294. The van der Waals surface area contributed by atoms with Gasteiger partial charge in [0.2, 0.25) is 5.91 Å². The van der Waals surface area contributed by atoms with E-state index < -0.39 is 6.04 Å². The van der Waals surface area contributed by atoms with Crippen LogP contribution in [0.1, 0.15) is 25.5 Å². The number of hydrogen-bond acceptors (Lipinski definition) is 3. The SMILES string of the molecule is CCOc1ccc(NC(=O)C(C)n2cc(C)ccc2=O)cc1. The number of nitrogens with zero attached hydrogens (tertiary/aromatic N) is 1. The Labute approximate surface area is 129 Å². The van der Waals surface area contributed by atoms with E-state index in [0.717, 1.165) is 11.3 Å². The number of hydrogen-bond donors (Lipinski definition) is 1. The second kappa shape index (κ2) is 6.93. The molecule has 0 saturated carbocycles. The molecule has 22 heavy (non-hydrogen) atoms. The molecule has 1 aromatic heterocycles. The number of ether oxygens (including phenoxy) is 1. The first-order valence-electron chi connectivity index (χ1n) is 7.23. The first-order chi connectivity index (χ1) is 10.5. The minimum atomic E-state index is -0.584. The number of benzene rings is 1. The predicted octanol–water partition coefficient (Wildman–Crippen LogP) is 2.76. The van der Waals surface area contributed by atoms with Crippen LogP contribution in [-0.4, -0.2) is 17.1 Å². The molecule has 1 N–H and O–H groups in total. The Morgan fingerprint density at radius 3 is 2.55 bits per heavy atom. The van der Waals surface area contributed by atoms with Crippen molar-refractivity contribution in [3.8, 4) is 5.75 Å². The van der Waals surface area contributed by atoms with Crippen molar-refractivity contribution in [1.29, 1.82) is 0 Å². The Balaban J connectivity index is 2.11. The summed E-state index contributed by atoms with van der Waals surface area (Å²) in [6, 6.07) is 9.75. The van der Waals surface area contributed by atoms with Crippen LogP contribution in [0, 0.1) is 6.92 Å². The molecule has 0 aliphatic rings. The lowest BCUT2D eigenvalue weighted by Gasteiger charge is -2.15. The second-order valence-corrected chi connectivity index (χ2v) is 5.07. The highest BCUT2D eigenvalue weighted by Crippen LogP contribution is 2.17. The summed E-state index contributed by atoms with van der Waals surface area (Å²) in [7, 11) is 0. The molecule has 2 rings (SSSR count). The van der Waals surface area contributed by atoms with Crippen molar-refractivity contribution in [1.82, 2.24) is 4.57 Å². The average Bonchev–Trinajstić information content (AvgIpc) is 2.51. The quantitative estimate of drug-likeness (QED) is 0.923. The number of carbonyl (C=O) groups is 1. The molecular weight excluding hydrogens is 280 g/mol. The Bertz CT molecular complexity index is 705. The van der Waals surface area contributed by atoms with E-state index in [2.05, 4.69) is 5.32 Å². The van der Waals surface area contributed by atoms with Crippen LogP contribution in [0.3, 0.4) is 0 Å². The lowest BCUT2D eigenvalue weighted by atomic mass is 10.2. The van der Waals surface area contributed by atoms with Gasteiger partial charge < -0.3 is 14.6 Å². The topological polar surface area (TPSA) is 60.3 Å². The summed E-state index contributed by atoms with van der Waals surface area (Å²) in [6.07, 6.45) is 1.69. The molecule has 0 radical (unpaired) electrons. The smallest absolute Gasteiger partial charge is 0.251 e. The molecule has 0 fully saturated rings. The molecule has 0 aliphatic carbocycles. The van der Waals surface area contributed by atoms with Gasteiger partial charge in [-0.3, -0.25) is 9.59 Å². The number of aromatic nitrogens is 1. The van der Waals surface area contributed by atoms with E-state index >= 15 is 0 Å². The zero-order valence-corrected chi connectivity index (χ0v) is 13.0.